The number of anilines is 1. The van der Waals surface area contributed by atoms with Gasteiger partial charge in [0.15, 0.2) is 6.61 Å². The number of hydrogen-bond acceptors (Lipinski definition) is 6. The number of ether oxygens (including phenoxy) is 1. The van der Waals surface area contributed by atoms with Crippen LogP contribution >= 0.6 is 23.2 Å². The Morgan fingerprint density at radius 2 is 1.93 bits per heavy atom. The van der Waals surface area contributed by atoms with Crippen LogP contribution in [-0.4, -0.2) is 35.7 Å². The number of Topliss-reactive ketones (excluding diaryl/α,β-unsaturated/α-hetero) is 1. The molecule has 1 amide bonds. The van der Waals surface area contributed by atoms with Crippen LogP contribution in [0.4, 0.5) is 5.69 Å². The zero-order valence-corrected chi connectivity index (χ0v) is 16.0. The standard InChI is InChI=1S/C17H18Cl2N2O6/c1-9-2-15(22)13(14(9)7-21(25)26)6-17(24)27-8-16(23)20-12-4-10(18)3-11(19)5-12/h3-5,9,13-14H,2,6-8H2,1H3,(H,20,23)/t9-,13+,14-/m1/s1. The van der Waals surface area contributed by atoms with E-state index in [1.807, 2.05) is 0 Å². The molecular formula is C17H18Cl2N2O6. The van der Waals surface area contributed by atoms with Gasteiger partial charge < -0.3 is 10.1 Å². The van der Waals surface area contributed by atoms with Crippen LogP contribution in [0.25, 0.3) is 0 Å². The number of nitro groups is 1. The molecule has 10 heteroatoms. The fraction of sp³-hybridized carbons (Fsp3) is 0.471. The quantitative estimate of drug-likeness (QED) is 0.414. The normalized spacial score (nSPS) is 21.7. The van der Waals surface area contributed by atoms with Crippen molar-refractivity contribution in [2.24, 2.45) is 17.8 Å². The molecule has 0 heterocycles. The Bertz CT molecular complexity index is 750. The molecule has 0 radical (unpaired) electrons. The largest absolute Gasteiger partial charge is 0.456 e. The third kappa shape index (κ3) is 6.18. The summed E-state index contributed by atoms with van der Waals surface area (Å²) >= 11 is 11.7. The van der Waals surface area contributed by atoms with Crippen LogP contribution in [0.1, 0.15) is 19.8 Å². The minimum Gasteiger partial charge on any atom is -0.456 e. The third-order valence-corrected chi connectivity index (χ3v) is 4.88. The highest BCUT2D eigenvalue weighted by atomic mass is 35.5. The SMILES string of the molecule is C[C@@H]1CC(=O)[C@@H](CC(=O)OCC(=O)Nc2cc(Cl)cc(Cl)c2)[C@@H]1C[N+](=O)[O-]. The predicted molar refractivity (Wildman–Crippen MR) is 98.3 cm³/mol. The average Bonchev–Trinajstić information content (AvgIpc) is 2.78. The Morgan fingerprint density at radius 3 is 2.52 bits per heavy atom. The maximum atomic E-state index is 12.0. The summed E-state index contributed by atoms with van der Waals surface area (Å²) in [7, 11) is 0. The fourth-order valence-corrected chi connectivity index (χ4v) is 3.73. The minimum absolute atomic E-state index is 0.170. The van der Waals surface area contributed by atoms with Crippen molar-refractivity contribution in [1.82, 2.24) is 0 Å². The molecule has 8 nitrogen and oxygen atoms in total. The first-order chi connectivity index (χ1) is 12.7. The van der Waals surface area contributed by atoms with Crippen molar-refractivity contribution in [1.29, 1.82) is 0 Å². The van der Waals surface area contributed by atoms with Crippen molar-refractivity contribution in [2.45, 2.75) is 19.8 Å². The van der Waals surface area contributed by atoms with E-state index in [0.29, 0.717) is 15.7 Å². The molecule has 1 fully saturated rings. The van der Waals surface area contributed by atoms with Gasteiger partial charge >= 0.3 is 5.97 Å². The van der Waals surface area contributed by atoms with Gasteiger partial charge in [0.05, 0.1) is 6.42 Å². The van der Waals surface area contributed by atoms with Crippen LogP contribution in [0.3, 0.4) is 0 Å². The molecule has 1 aromatic rings. The van der Waals surface area contributed by atoms with E-state index >= 15 is 0 Å². The van der Waals surface area contributed by atoms with Crippen LogP contribution in [0, 0.1) is 27.9 Å². The van der Waals surface area contributed by atoms with Gasteiger partial charge in [0.25, 0.3) is 5.91 Å². The van der Waals surface area contributed by atoms with E-state index in [4.69, 9.17) is 27.9 Å². The van der Waals surface area contributed by atoms with Crippen LogP contribution < -0.4 is 5.32 Å². The van der Waals surface area contributed by atoms with E-state index in [0.717, 1.165) is 0 Å². The molecule has 1 aliphatic carbocycles. The summed E-state index contributed by atoms with van der Waals surface area (Å²) in [4.78, 5) is 46.2. The van der Waals surface area contributed by atoms with Crippen LogP contribution in [0.5, 0.6) is 0 Å². The lowest BCUT2D eigenvalue weighted by Gasteiger charge is -2.17. The molecule has 1 aromatic carbocycles. The van der Waals surface area contributed by atoms with E-state index in [1.165, 1.54) is 18.2 Å². The van der Waals surface area contributed by atoms with Gasteiger partial charge in [-0.2, -0.15) is 0 Å². The number of rotatable bonds is 7. The molecule has 1 saturated carbocycles. The summed E-state index contributed by atoms with van der Waals surface area (Å²) in [5.41, 5.74) is 0.347. The second kappa shape index (κ2) is 9.14. The average molecular weight is 417 g/mol. The van der Waals surface area contributed by atoms with Gasteiger partial charge in [-0.1, -0.05) is 30.1 Å². The number of carbonyl (C=O) groups excluding carboxylic acids is 3. The number of carbonyl (C=O) groups is 3. The first kappa shape index (κ1) is 21.1. The lowest BCUT2D eigenvalue weighted by atomic mass is 9.88. The summed E-state index contributed by atoms with van der Waals surface area (Å²) in [5.74, 6) is -2.99. The van der Waals surface area contributed by atoms with Gasteiger partial charge in [0.2, 0.25) is 6.54 Å². The highest BCUT2D eigenvalue weighted by Gasteiger charge is 2.44. The predicted octanol–water partition coefficient (Wildman–Crippen LogP) is 2.98. The van der Waals surface area contributed by atoms with Gasteiger partial charge in [0.1, 0.15) is 5.78 Å². The second-order valence-electron chi connectivity index (χ2n) is 6.50. The summed E-state index contributed by atoms with van der Waals surface area (Å²) in [6, 6.07) is 4.46. The molecule has 0 aromatic heterocycles. The maximum Gasteiger partial charge on any atom is 0.307 e. The summed E-state index contributed by atoms with van der Waals surface area (Å²) in [5, 5.41) is 13.9. The van der Waals surface area contributed by atoms with E-state index in [1.54, 1.807) is 6.92 Å². The third-order valence-electron chi connectivity index (χ3n) is 4.44. The zero-order chi connectivity index (χ0) is 20.1. The van der Waals surface area contributed by atoms with Crippen molar-refractivity contribution in [3.63, 3.8) is 0 Å². The van der Waals surface area contributed by atoms with Gasteiger partial charge in [-0.25, -0.2) is 0 Å². The minimum atomic E-state index is -0.757. The molecule has 0 saturated heterocycles. The molecular weight excluding hydrogens is 399 g/mol. The highest BCUT2D eigenvalue weighted by Crippen LogP contribution is 2.36. The number of esters is 1. The van der Waals surface area contributed by atoms with Gasteiger partial charge in [0, 0.05) is 38.9 Å². The number of amides is 1. The molecule has 1 aliphatic rings. The highest BCUT2D eigenvalue weighted by molar-refractivity contribution is 6.35. The van der Waals surface area contributed by atoms with Gasteiger partial charge in [-0.15, -0.1) is 0 Å². The molecule has 3 atom stereocenters. The van der Waals surface area contributed by atoms with Crippen LogP contribution in [0.15, 0.2) is 18.2 Å². The zero-order valence-electron chi connectivity index (χ0n) is 14.4. The molecule has 0 unspecified atom stereocenters. The summed E-state index contributed by atoms with van der Waals surface area (Å²) < 4.78 is 4.90. The molecule has 146 valence electrons. The van der Waals surface area contributed by atoms with Crippen molar-refractivity contribution >= 4 is 46.5 Å². The second-order valence-corrected chi connectivity index (χ2v) is 7.38. The Kier molecular flexibility index (Phi) is 7.15. The van der Waals surface area contributed by atoms with E-state index in [-0.39, 0.29) is 31.1 Å². The fourth-order valence-electron chi connectivity index (χ4n) is 3.21. The summed E-state index contributed by atoms with van der Waals surface area (Å²) in [6.45, 7) is 0.821. The first-order valence-corrected chi connectivity index (χ1v) is 8.97. The number of ketones is 1. The molecule has 27 heavy (non-hydrogen) atoms. The molecule has 0 aliphatic heterocycles. The van der Waals surface area contributed by atoms with Crippen molar-refractivity contribution in [3.05, 3.63) is 38.4 Å². The van der Waals surface area contributed by atoms with Crippen LogP contribution in [0.2, 0.25) is 10.0 Å². The Balaban J connectivity index is 1.86. The molecule has 2 rings (SSSR count). The number of nitrogens with zero attached hydrogens (tertiary/aromatic N) is 1. The van der Waals surface area contributed by atoms with Gasteiger partial charge in [-0.3, -0.25) is 24.5 Å². The van der Waals surface area contributed by atoms with E-state index in [9.17, 15) is 24.5 Å². The smallest absolute Gasteiger partial charge is 0.307 e. The number of halogens is 2. The lowest BCUT2D eigenvalue weighted by Crippen LogP contribution is -2.28. The Morgan fingerprint density at radius 1 is 1.30 bits per heavy atom. The van der Waals surface area contributed by atoms with Crippen molar-refractivity contribution in [2.75, 3.05) is 18.5 Å². The number of nitrogens with one attached hydrogen (secondary N) is 1. The van der Waals surface area contributed by atoms with E-state index in [2.05, 4.69) is 5.32 Å². The topological polar surface area (TPSA) is 116 Å². The van der Waals surface area contributed by atoms with Crippen molar-refractivity contribution < 1.29 is 24.0 Å². The maximum absolute atomic E-state index is 12.0. The lowest BCUT2D eigenvalue weighted by molar-refractivity contribution is -0.490. The van der Waals surface area contributed by atoms with E-state index < -0.39 is 35.2 Å². The molecule has 1 N–H and O–H groups in total. The first-order valence-electron chi connectivity index (χ1n) is 8.21. The molecule has 0 bridgehead atoms. The summed E-state index contributed by atoms with van der Waals surface area (Å²) in [6.07, 6.45) is -0.0789. The van der Waals surface area contributed by atoms with Crippen molar-refractivity contribution in [3.8, 4) is 0 Å². The number of hydrogen-bond donors (Lipinski definition) is 1. The number of benzene rings is 1. The molecule has 0 spiro atoms. The van der Waals surface area contributed by atoms with Gasteiger partial charge in [-0.05, 0) is 24.1 Å². The van der Waals surface area contributed by atoms with Crippen LogP contribution in [-0.2, 0) is 19.1 Å². The Labute approximate surface area is 165 Å². The Hall–Kier alpha value is -2.19. The monoisotopic (exact) mass is 416 g/mol.